The Morgan fingerprint density at radius 3 is 2.87 bits per heavy atom. The Hall–Kier alpha value is -0.520. The standard InChI is InChI=1S/C10H13N3S2/c1-11-9-13-12-7-10(14,15-9)8-5-3-2-4-6-8/h2-6,9,11,14H,7H2,1H3. The van der Waals surface area contributed by atoms with E-state index in [1.807, 2.05) is 25.2 Å². The fourth-order valence-electron chi connectivity index (χ4n) is 1.43. The van der Waals surface area contributed by atoms with E-state index in [0.717, 1.165) is 0 Å². The number of nitrogens with zero attached hydrogens (tertiary/aromatic N) is 2. The van der Waals surface area contributed by atoms with Crippen LogP contribution in [0.3, 0.4) is 0 Å². The molecular formula is C10H13N3S2. The molecule has 0 radical (unpaired) electrons. The van der Waals surface area contributed by atoms with Gasteiger partial charge in [0.1, 0.15) is 4.08 Å². The molecule has 0 bridgehead atoms. The summed E-state index contributed by atoms with van der Waals surface area (Å²) in [7, 11) is 1.88. The smallest absolute Gasteiger partial charge is 0.169 e. The third-order valence-corrected chi connectivity index (χ3v) is 4.27. The molecule has 0 spiro atoms. The van der Waals surface area contributed by atoms with Crippen LogP contribution in [-0.2, 0) is 4.08 Å². The lowest BCUT2D eigenvalue weighted by molar-refractivity contribution is 0.663. The highest BCUT2D eigenvalue weighted by Crippen LogP contribution is 2.45. The molecule has 2 atom stereocenters. The van der Waals surface area contributed by atoms with Crippen molar-refractivity contribution in [2.45, 2.75) is 9.58 Å². The molecule has 15 heavy (non-hydrogen) atoms. The van der Waals surface area contributed by atoms with Gasteiger partial charge in [0.2, 0.25) is 0 Å². The van der Waals surface area contributed by atoms with Crippen molar-refractivity contribution in [3.05, 3.63) is 35.9 Å². The van der Waals surface area contributed by atoms with Crippen LogP contribution in [0.2, 0.25) is 0 Å². The minimum absolute atomic E-state index is 0.00328. The van der Waals surface area contributed by atoms with Crippen LogP contribution in [0.4, 0.5) is 0 Å². The minimum Gasteiger partial charge on any atom is -0.289 e. The van der Waals surface area contributed by atoms with E-state index < -0.39 is 0 Å². The molecule has 1 aliphatic rings. The Labute approximate surface area is 99.2 Å². The Kier molecular flexibility index (Phi) is 3.33. The molecular weight excluding hydrogens is 226 g/mol. The van der Waals surface area contributed by atoms with Crippen molar-refractivity contribution < 1.29 is 0 Å². The lowest BCUT2D eigenvalue weighted by atomic mass is 10.1. The summed E-state index contributed by atoms with van der Waals surface area (Å²) in [5.74, 6) is 0. The molecule has 1 heterocycles. The third kappa shape index (κ3) is 2.35. The highest BCUT2D eigenvalue weighted by molar-refractivity contribution is 8.11. The quantitative estimate of drug-likeness (QED) is 0.778. The van der Waals surface area contributed by atoms with E-state index in [2.05, 4.69) is 27.7 Å². The normalized spacial score (nSPS) is 30.4. The molecule has 2 rings (SSSR count). The average Bonchev–Trinajstić information content (AvgIpc) is 2.30. The largest absolute Gasteiger partial charge is 0.289 e. The highest BCUT2D eigenvalue weighted by Gasteiger charge is 2.34. The first-order chi connectivity index (χ1) is 7.24. The number of rotatable bonds is 2. The van der Waals surface area contributed by atoms with Gasteiger partial charge in [-0.05, 0) is 12.6 Å². The summed E-state index contributed by atoms with van der Waals surface area (Å²) in [4.78, 5) is 0. The molecule has 1 N–H and O–H groups in total. The first kappa shape index (κ1) is 11.0. The fourth-order valence-corrected chi connectivity index (χ4v) is 2.95. The second-order valence-corrected chi connectivity index (χ2v) is 5.77. The zero-order chi connectivity index (χ0) is 10.7. The van der Waals surface area contributed by atoms with Gasteiger partial charge in [-0.25, -0.2) is 0 Å². The highest BCUT2D eigenvalue weighted by atomic mass is 32.2. The van der Waals surface area contributed by atoms with Crippen LogP contribution in [0.25, 0.3) is 0 Å². The number of thiol groups is 1. The van der Waals surface area contributed by atoms with E-state index in [-0.39, 0.29) is 9.58 Å². The maximum absolute atomic E-state index is 4.72. The number of hydrogen-bond donors (Lipinski definition) is 2. The fraction of sp³-hybridized carbons (Fsp3) is 0.400. The Balaban J connectivity index is 2.25. The molecule has 5 heteroatoms. The van der Waals surface area contributed by atoms with Crippen LogP contribution in [0.1, 0.15) is 5.56 Å². The van der Waals surface area contributed by atoms with E-state index in [1.54, 1.807) is 11.8 Å². The predicted octanol–water partition coefficient (Wildman–Crippen LogP) is 2.47. The van der Waals surface area contributed by atoms with Crippen LogP contribution in [0.5, 0.6) is 0 Å². The molecule has 0 aromatic heterocycles. The van der Waals surface area contributed by atoms with Crippen LogP contribution in [0, 0.1) is 0 Å². The summed E-state index contributed by atoms with van der Waals surface area (Å²) in [5, 5.41) is 11.3. The summed E-state index contributed by atoms with van der Waals surface area (Å²) < 4.78 is -0.267. The van der Waals surface area contributed by atoms with Gasteiger partial charge in [-0.15, -0.1) is 0 Å². The molecule has 80 valence electrons. The van der Waals surface area contributed by atoms with Crippen molar-refractivity contribution in [1.29, 1.82) is 0 Å². The lowest BCUT2D eigenvalue weighted by Gasteiger charge is -2.31. The van der Waals surface area contributed by atoms with Crippen LogP contribution in [-0.4, -0.2) is 19.1 Å². The second-order valence-electron chi connectivity index (χ2n) is 3.32. The Morgan fingerprint density at radius 1 is 1.47 bits per heavy atom. The number of azo groups is 1. The van der Waals surface area contributed by atoms with Gasteiger partial charge >= 0.3 is 0 Å². The maximum Gasteiger partial charge on any atom is 0.169 e. The first-order valence-corrected chi connectivity index (χ1v) is 6.07. The van der Waals surface area contributed by atoms with E-state index in [1.165, 1.54) is 5.56 Å². The summed E-state index contributed by atoms with van der Waals surface area (Å²) >= 11 is 6.40. The number of nitrogens with one attached hydrogen (secondary N) is 1. The van der Waals surface area contributed by atoms with Crippen molar-refractivity contribution in [3.63, 3.8) is 0 Å². The SMILES string of the molecule is CNC1N=NCC(S)(c2ccccc2)S1. The molecule has 0 aliphatic carbocycles. The molecule has 1 aliphatic heterocycles. The van der Waals surface area contributed by atoms with Gasteiger partial charge in [-0.3, -0.25) is 5.32 Å². The zero-order valence-corrected chi connectivity index (χ0v) is 10.1. The van der Waals surface area contributed by atoms with Gasteiger partial charge in [0, 0.05) is 0 Å². The summed E-state index contributed by atoms with van der Waals surface area (Å²) in [6.07, 6.45) is 0. The Morgan fingerprint density at radius 2 is 2.20 bits per heavy atom. The van der Waals surface area contributed by atoms with Gasteiger partial charge in [0.15, 0.2) is 5.50 Å². The molecule has 0 fully saturated rings. The summed E-state index contributed by atoms with van der Waals surface area (Å²) in [6.45, 7) is 0.614. The van der Waals surface area contributed by atoms with Gasteiger partial charge in [-0.1, -0.05) is 42.1 Å². The maximum atomic E-state index is 4.72. The number of benzene rings is 1. The molecule has 3 nitrogen and oxygen atoms in total. The van der Waals surface area contributed by atoms with E-state index in [9.17, 15) is 0 Å². The van der Waals surface area contributed by atoms with Crippen molar-refractivity contribution in [1.82, 2.24) is 5.32 Å². The van der Waals surface area contributed by atoms with Crippen molar-refractivity contribution in [3.8, 4) is 0 Å². The number of thioether (sulfide) groups is 1. The number of hydrogen-bond acceptors (Lipinski definition) is 5. The van der Waals surface area contributed by atoms with Gasteiger partial charge in [0.25, 0.3) is 0 Å². The minimum atomic E-state index is -0.267. The molecule has 2 unspecified atom stereocenters. The topological polar surface area (TPSA) is 36.8 Å². The zero-order valence-electron chi connectivity index (χ0n) is 8.42. The monoisotopic (exact) mass is 239 g/mol. The van der Waals surface area contributed by atoms with Gasteiger partial charge in [-0.2, -0.15) is 22.9 Å². The summed E-state index contributed by atoms with van der Waals surface area (Å²) in [5.41, 5.74) is 1.17. The average molecular weight is 239 g/mol. The summed E-state index contributed by atoms with van der Waals surface area (Å²) in [6, 6.07) is 10.2. The second kappa shape index (κ2) is 4.55. The molecule has 0 amide bonds. The third-order valence-electron chi connectivity index (χ3n) is 2.25. The van der Waals surface area contributed by atoms with Crippen LogP contribution < -0.4 is 5.32 Å². The molecule has 1 aromatic carbocycles. The van der Waals surface area contributed by atoms with Gasteiger partial charge in [0.05, 0.1) is 6.54 Å². The van der Waals surface area contributed by atoms with E-state index in [0.29, 0.717) is 6.54 Å². The lowest BCUT2D eigenvalue weighted by Crippen LogP contribution is -2.31. The van der Waals surface area contributed by atoms with Crippen molar-refractivity contribution in [2.75, 3.05) is 13.6 Å². The van der Waals surface area contributed by atoms with Crippen LogP contribution in [0.15, 0.2) is 40.6 Å². The molecule has 0 saturated heterocycles. The van der Waals surface area contributed by atoms with Crippen LogP contribution >= 0.6 is 24.4 Å². The first-order valence-electron chi connectivity index (χ1n) is 4.74. The van der Waals surface area contributed by atoms with E-state index >= 15 is 0 Å². The van der Waals surface area contributed by atoms with Crippen molar-refractivity contribution in [2.24, 2.45) is 10.2 Å². The van der Waals surface area contributed by atoms with E-state index in [4.69, 9.17) is 12.6 Å². The Bertz CT molecular complexity index is 355. The van der Waals surface area contributed by atoms with Crippen molar-refractivity contribution >= 4 is 24.4 Å². The van der Waals surface area contributed by atoms with Gasteiger partial charge < -0.3 is 0 Å². The molecule has 0 saturated carbocycles. The molecule has 1 aromatic rings. The predicted molar refractivity (Wildman–Crippen MR) is 67.3 cm³/mol.